The van der Waals surface area contributed by atoms with Crippen molar-refractivity contribution in [2.45, 2.75) is 19.8 Å². The van der Waals surface area contributed by atoms with Crippen molar-refractivity contribution in [3.8, 4) is 18.1 Å². The van der Waals surface area contributed by atoms with Crippen molar-refractivity contribution in [2.75, 3.05) is 7.11 Å². The van der Waals surface area contributed by atoms with Crippen LogP contribution in [0.2, 0.25) is 0 Å². The van der Waals surface area contributed by atoms with Crippen LogP contribution in [0.4, 0.5) is 0 Å². The molecule has 1 aromatic rings. The summed E-state index contributed by atoms with van der Waals surface area (Å²) >= 11 is 0. The topological polar surface area (TPSA) is 9.23 Å². The Morgan fingerprint density at radius 1 is 1.36 bits per heavy atom. The fourth-order valence-corrected chi connectivity index (χ4v) is 1.26. The minimum absolute atomic E-state index is 0.358. The fourth-order valence-electron chi connectivity index (χ4n) is 1.26. The molecule has 74 valence electrons. The first kappa shape index (κ1) is 10.7. The van der Waals surface area contributed by atoms with E-state index >= 15 is 0 Å². The van der Waals surface area contributed by atoms with E-state index in [-0.39, 0.29) is 0 Å². The summed E-state index contributed by atoms with van der Waals surface area (Å²) in [7, 11) is 1.68. The van der Waals surface area contributed by atoms with Crippen LogP contribution in [0.5, 0.6) is 5.75 Å². The zero-order valence-electron chi connectivity index (χ0n) is 8.79. The molecule has 0 N–H and O–H groups in total. The average molecular weight is 188 g/mol. The molecule has 1 nitrogen and oxygen atoms in total. The third-order valence-electron chi connectivity index (χ3n) is 2.31. The molecule has 0 fully saturated rings. The largest absolute Gasteiger partial charge is 0.497 e. The monoisotopic (exact) mass is 188 g/mol. The summed E-state index contributed by atoms with van der Waals surface area (Å²) in [5.41, 5.74) is 1.31. The Hall–Kier alpha value is -1.42. The quantitative estimate of drug-likeness (QED) is 0.660. The van der Waals surface area contributed by atoms with Crippen LogP contribution >= 0.6 is 0 Å². The normalized spacial score (nSPS) is 11.8. The molecule has 0 spiro atoms. The molecule has 1 unspecified atom stereocenters. The van der Waals surface area contributed by atoms with Gasteiger partial charge in [0, 0.05) is 5.92 Å². The van der Waals surface area contributed by atoms with Crippen LogP contribution in [0.1, 0.15) is 18.9 Å². The number of hydrogen-bond donors (Lipinski definition) is 0. The van der Waals surface area contributed by atoms with Crippen molar-refractivity contribution in [2.24, 2.45) is 5.92 Å². The molecule has 0 saturated heterocycles. The second kappa shape index (κ2) is 5.34. The summed E-state index contributed by atoms with van der Waals surface area (Å²) in [5, 5.41) is 0. The van der Waals surface area contributed by atoms with Gasteiger partial charge in [0.15, 0.2) is 0 Å². The van der Waals surface area contributed by atoms with Crippen molar-refractivity contribution in [1.29, 1.82) is 0 Å². The van der Waals surface area contributed by atoms with E-state index in [2.05, 4.69) is 25.0 Å². The van der Waals surface area contributed by atoms with E-state index in [1.165, 1.54) is 5.56 Å². The first-order valence-corrected chi connectivity index (χ1v) is 4.85. The van der Waals surface area contributed by atoms with Crippen LogP contribution in [-0.4, -0.2) is 7.11 Å². The van der Waals surface area contributed by atoms with Crippen molar-refractivity contribution >= 4 is 0 Å². The van der Waals surface area contributed by atoms with Crippen LogP contribution in [0.3, 0.4) is 0 Å². The van der Waals surface area contributed by atoms with Gasteiger partial charge in [-0.3, -0.25) is 0 Å². The maximum absolute atomic E-state index is 5.31. The highest BCUT2D eigenvalue weighted by molar-refractivity contribution is 5.27. The number of benzene rings is 1. The first-order valence-electron chi connectivity index (χ1n) is 4.85. The Morgan fingerprint density at radius 3 is 2.50 bits per heavy atom. The number of terminal acetylenes is 1. The second-order valence-electron chi connectivity index (χ2n) is 3.45. The van der Waals surface area contributed by atoms with Gasteiger partial charge in [0.25, 0.3) is 0 Å². The van der Waals surface area contributed by atoms with Crippen molar-refractivity contribution in [1.82, 2.24) is 0 Å². The molecule has 14 heavy (non-hydrogen) atoms. The molecule has 1 atom stereocenters. The molecule has 0 amide bonds. The first-order chi connectivity index (χ1) is 6.76. The molecule has 1 heteroatoms. The van der Waals surface area contributed by atoms with Crippen LogP contribution in [0, 0.1) is 18.3 Å². The maximum Gasteiger partial charge on any atom is 0.118 e. The van der Waals surface area contributed by atoms with E-state index in [0.29, 0.717) is 5.92 Å². The number of hydrogen-bond acceptors (Lipinski definition) is 1. The molecule has 0 aromatic heterocycles. The SMILES string of the molecule is C#CC(C)CCc1ccc(OC)cc1. The highest BCUT2D eigenvalue weighted by Gasteiger charge is 1.98. The third-order valence-corrected chi connectivity index (χ3v) is 2.31. The Bertz CT molecular complexity index is 305. The van der Waals surface area contributed by atoms with E-state index in [0.717, 1.165) is 18.6 Å². The van der Waals surface area contributed by atoms with Crippen LogP contribution in [0.15, 0.2) is 24.3 Å². The van der Waals surface area contributed by atoms with E-state index < -0.39 is 0 Å². The number of ether oxygens (including phenoxy) is 1. The van der Waals surface area contributed by atoms with Gasteiger partial charge < -0.3 is 4.74 Å². The highest BCUT2D eigenvalue weighted by Crippen LogP contribution is 2.14. The van der Waals surface area contributed by atoms with Crippen molar-refractivity contribution in [3.63, 3.8) is 0 Å². The van der Waals surface area contributed by atoms with Crippen LogP contribution in [-0.2, 0) is 6.42 Å². The van der Waals surface area contributed by atoms with E-state index in [1.54, 1.807) is 7.11 Å². The molecule has 0 aliphatic heterocycles. The van der Waals surface area contributed by atoms with Gasteiger partial charge in [0.05, 0.1) is 7.11 Å². The number of aryl methyl sites for hydroxylation is 1. The van der Waals surface area contributed by atoms with Gasteiger partial charge in [-0.15, -0.1) is 12.3 Å². The van der Waals surface area contributed by atoms with Crippen LogP contribution in [0.25, 0.3) is 0 Å². The lowest BCUT2D eigenvalue weighted by Crippen LogP contribution is -1.94. The molecular formula is C13H16O. The van der Waals surface area contributed by atoms with Gasteiger partial charge in [-0.05, 0) is 30.5 Å². The minimum atomic E-state index is 0.358. The molecule has 0 saturated carbocycles. The summed E-state index contributed by atoms with van der Waals surface area (Å²) in [6.45, 7) is 2.07. The smallest absolute Gasteiger partial charge is 0.118 e. The molecule has 1 rings (SSSR count). The van der Waals surface area contributed by atoms with E-state index in [1.807, 2.05) is 12.1 Å². The van der Waals surface area contributed by atoms with Gasteiger partial charge in [0.2, 0.25) is 0 Å². The van der Waals surface area contributed by atoms with Gasteiger partial charge in [0.1, 0.15) is 5.75 Å². The molecule has 0 heterocycles. The Balaban J connectivity index is 2.48. The second-order valence-corrected chi connectivity index (χ2v) is 3.45. The predicted molar refractivity (Wildman–Crippen MR) is 59.3 cm³/mol. The maximum atomic E-state index is 5.31. The van der Waals surface area contributed by atoms with Crippen molar-refractivity contribution < 1.29 is 4.74 Å². The van der Waals surface area contributed by atoms with Gasteiger partial charge >= 0.3 is 0 Å². The number of rotatable bonds is 4. The molecule has 0 aliphatic rings. The zero-order valence-corrected chi connectivity index (χ0v) is 8.79. The van der Waals surface area contributed by atoms with Crippen molar-refractivity contribution in [3.05, 3.63) is 29.8 Å². The lowest BCUT2D eigenvalue weighted by molar-refractivity contribution is 0.414. The summed E-state index contributed by atoms with van der Waals surface area (Å²) in [6, 6.07) is 8.13. The summed E-state index contributed by atoms with van der Waals surface area (Å²) in [4.78, 5) is 0. The lowest BCUT2D eigenvalue weighted by Gasteiger charge is -2.05. The molecular weight excluding hydrogens is 172 g/mol. The standard InChI is InChI=1S/C13H16O/c1-4-11(2)5-6-12-7-9-13(14-3)10-8-12/h1,7-11H,5-6H2,2-3H3. The summed E-state index contributed by atoms with van der Waals surface area (Å²) in [5.74, 6) is 3.99. The predicted octanol–water partition coefficient (Wildman–Crippen LogP) is 2.90. The highest BCUT2D eigenvalue weighted by atomic mass is 16.5. The Morgan fingerprint density at radius 2 is 2.00 bits per heavy atom. The van der Waals surface area contributed by atoms with Gasteiger partial charge in [-0.1, -0.05) is 19.1 Å². The Labute approximate surface area is 86.1 Å². The average Bonchev–Trinajstić information content (AvgIpc) is 2.26. The van der Waals surface area contributed by atoms with Crippen LogP contribution < -0.4 is 4.74 Å². The van der Waals surface area contributed by atoms with Gasteiger partial charge in [-0.2, -0.15) is 0 Å². The molecule has 1 aromatic carbocycles. The summed E-state index contributed by atoms with van der Waals surface area (Å²) < 4.78 is 5.08. The Kier molecular flexibility index (Phi) is 4.07. The van der Waals surface area contributed by atoms with E-state index in [9.17, 15) is 0 Å². The molecule has 0 bridgehead atoms. The minimum Gasteiger partial charge on any atom is -0.497 e. The summed E-state index contributed by atoms with van der Waals surface area (Å²) in [6.07, 6.45) is 7.39. The third kappa shape index (κ3) is 3.14. The lowest BCUT2D eigenvalue weighted by atomic mass is 10.0. The molecule has 0 radical (unpaired) electrons. The number of methoxy groups -OCH3 is 1. The zero-order chi connectivity index (χ0) is 10.4. The molecule has 0 aliphatic carbocycles. The van der Waals surface area contributed by atoms with E-state index in [4.69, 9.17) is 11.2 Å². The fraction of sp³-hybridized carbons (Fsp3) is 0.385. The van der Waals surface area contributed by atoms with Gasteiger partial charge in [-0.25, -0.2) is 0 Å².